The molecule has 6 rings (SSSR count). The molecular formula is C28H22F3N3O7. The van der Waals surface area contributed by atoms with Gasteiger partial charge in [-0.05, 0) is 49.2 Å². The van der Waals surface area contributed by atoms with Gasteiger partial charge in [0.15, 0.2) is 0 Å². The minimum absolute atomic E-state index is 0.0524. The fourth-order valence-corrected chi connectivity index (χ4v) is 4.50. The number of aliphatic carboxylic acids is 1. The van der Waals surface area contributed by atoms with E-state index in [0.717, 1.165) is 17.9 Å². The van der Waals surface area contributed by atoms with Crippen molar-refractivity contribution in [2.75, 3.05) is 22.9 Å². The number of halogens is 3. The molecule has 1 aliphatic carbocycles. The zero-order chi connectivity index (χ0) is 29.3. The smallest absolute Gasteiger partial charge is 0.478 e. The molecule has 0 radical (unpaired) electrons. The molecule has 1 amide bonds. The molecule has 2 N–H and O–H groups in total. The maximum absolute atomic E-state index is 13.7. The number of fused-ring (bicyclic) bond motifs is 2. The van der Waals surface area contributed by atoms with E-state index in [9.17, 15) is 27.9 Å². The number of carboxylic acid groups (broad SMARTS) is 2. The van der Waals surface area contributed by atoms with Crippen molar-refractivity contribution in [3.63, 3.8) is 0 Å². The number of amides is 1. The molecule has 0 saturated heterocycles. The number of hydrogen-bond acceptors (Lipinski definition) is 7. The molecule has 10 nitrogen and oxygen atoms in total. The van der Waals surface area contributed by atoms with Gasteiger partial charge in [-0.1, -0.05) is 12.1 Å². The number of nitrogens with zero attached hydrogens (tertiary/aromatic N) is 3. The van der Waals surface area contributed by atoms with E-state index in [1.54, 1.807) is 35.4 Å². The van der Waals surface area contributed by atoms with E-state index >= 15 is 0 Å². The van der Waals surface area contributed by atoms with Crippen LogP contribution < -0.4 is 14.5 Å². The molecule has 1 saturated carbocycles. The zero-order valence-corrected chi connectivity index (χ0v) is 21.2. The lowest BCUT2D eigenvalue weighted by Crippen LogP contribution is -2.45. The first-order valence-corrected chi connectivity index (χ1v) is 12.4. The minimum atomic E-state index is -5.08. The Morgan fingerprint density at radius 2 is 1.68 bits per heavy atom. The third-order valence-corrected chi connectivity index (χ3v) is 6.54. The number of carboxylic acids is 2. The number of hydrogen-bond donors (Lipinski definition) is 2. The normalized spacial score (nSPS) is 14.6. The Balaban J connectivity index is 0.000000431. The van der Waals surface area contributed by atoms with Gasteiger partial charge in [0.25, 0.3) is 5.91 Å². The summed E-state index contributed by atoms with van der Waals surface area (Å²) < 4.78 is 43.1. The first kappa shape index (κ1) is 27.5. The highest BCUT2D eigenvalue weighted by molar-refractivity contribution is 6.10. The molecule has 13 heteroatoms. The second-order valence-electron chi connectivity index (χ2n) is 9.26. The monoisotopic (exact) mass is 569 g/mol. The number of carbonyl (C=O) groups is 3. The standard InChI is InChI=1S/C26H21N3O5.C2HF3O2/c30-25(29-12-11-28(16-5-6-16)21-3-1-2-4-22(21)29)19-14-27-10-9-24(19)34-17-7-8-23-18(13-17)20(15-33-23)26(31)32;3-2(4,5)1(6)7/h1-4,7-10,13-16H,5-6,11-12H2,(H,31,32);(H,6,7). The topological polar surface area (TPSA) is 133 Å². The number of benzene rings is 2. The van der Waals surface area contributed by atoms with E-state index in [4.69, 9.17) is 19.1 Å². The molecule has 4 aromatic rings. The van der Waals surface area contributed by atoms with Gasteiger partial charge in [0.1, 0.15) is 34.5 Å². The summed E-state index contributed by atoms with van der Waals surface area (Å²) in [7, 11) is 0. The van der Waals surface area contributed by atoms with E-state index in [1.165, 1.54) is 25.3 Å². The first-order valence-electron chi connectivity index (χ1n) is 12.4. The van der Waals surface area contributed by atoms with Crippen molar-refractivity contribution in [1.82, 2.24) is 4.98 Å². The van der Waals surface area contributed by atoms with Gasteiger partial charge >= 0.3 is 18.1 Å². The van der Waals surface area contributed by atoms with Gasteiger partial charge in [0.05, 0.1) is 11.4 Å². The molecule has 2 aromatic carbocycles. The Kier molecular flexibility index (Phi) is 7.26. The van der Waals surface area contributed by atoms with Crippen molar-refractivity contribution in [3.8, 4) is 11.5 Å². The summed E-state index contributed by atoms with van der Waals surface area (Å²) in [6.45, 7) is 1.35. The summed E-state index contributed by atoms with van der Waals surface area (Å²) in [4.78, 5) is 42.4. The molecule has 0 spiro atoms. The Morgan fingerprint density at radius 1 is 0.976 bits per heavy atom. The molecule has 1 aliphatic heterocycles. The fourth-order valence-electron chi connectivity index (χ4n) is 4.50. The van der Waals surface area contributed by atoms with Gasteiger partial charge < -0.3 is 29.2 Å². The van der Waals surface area contributed by atoms with Crippen molar-refractivity contribution >= 4 is 40.2 Å². The summed E-state index contributed by atoms with van der Waals surface area (Å²) in [5.41, 5.74) is 2.79. The van der Waals surface area contributed by atoms with E-state index < -0.39 is 18.1 Å². The van der Waals surface area contributed by atoms with Crippen molar-refractivity contribution in [2.24, 2.45) is 0 Å². The Bertz CT molecular complexity index is 1630. The molecule has 212 valence electrons. The maximum Gasteiger partial charge on any atom is 0.490 e. The number of aromatic nitrogens is 1. The first-order chi connectivity index (χ1) is 19.5. The van der Waals surface area contributed by atoms with Crippen molar-refractivity contribution < 1.29 is 46.9 Å². The second-order valence-corrected chi connectivity index (χ2v) is 9.26. The number of rotatable bonds is 5. The summed E-state index contributed by atoms with van der Waals surface area (Å²) in [6.07, 6.45) is 1.56. The molecular weight excluding hydrogens is 547 g/mol. The summed E-state index contributed by atoms with van der Waals surface area (Å²) >= 11 is 0. The number of anilines is 2. The Morgan fingerprint density at radius 3 is 2.34 bits per heavy atom. The average Bonchev–Trinajstić information content (AvgIpc) is 3.70. The number of alkyl halides is 3. The highest BCUT2D eigenvalue weighted by atomic mass is 19.4. The number of pyridine rings is 1. The van der Waals surface area contributed by atoms with Gasteiger partial charge in [-0.15, -0.1) is 0 Å². The molecule has 2 aliphatic rings. The van der Waals surface area contributed by atoms with E-state index in [2.05, 4.69) is 16.0 Å². The van der Waals surface area contributed by atoms with Crippen LogP contribution in [0.3, 0.4) is 0 Å². The van der Waals surface area contributed by atoms with Crippen molar-refractivity contribution in [3.05, 3.63) is 78.3 Å². The lowest BCUT2D eigenvalue weighted by molar-refractivity contribution is -0.192. The van der Waals surface area contributed by atoms with Crippen LogP contribution in [0.5, 0.6) is 11.5 Å². The van der Waals surface area contributed by atoms with E-state index in [-0.39, 0.29) is 11.5 Å². The largest absolute Gasteiger partial charge is 0.490 e. The molecule has 2 aromatic heterocycles. The van der Waals surface area contributed by atoms with Crippen molar-refractivity contribution in [1.29, 1.82) is 0 Å². The van der Waals surface area contributed by atoms with Crippen LogP contribution in [0.2, 0.25) is 0 Å². The Hall–Kier alpha value is -5.07. The zero-order valence-electron chi connectivity index (χ0n) is 21.2. The summed E-state index contributed by atoms with van der Waals surface area (Å²) in [5.74, 6) is -3.29. The molecule has 0 bridgehead atoms. The third-order valence-electron chi connectivity index (χ3n) is 6.54. The quantitative estimate of drug-likeness (QED) is 0.316. The van der Waals surface area contributed by atoms with Gasteiger partial charge in [-0.25, -0.2) is 9.59 Å². The minimum Gasteiger partial charge on any atom is -0.478 e. The molecule has 0 unspecified atom stereocenters. The van der Waals surface area contributed by atoms with Crippen LogP contribution in [-0.2, 0) is 4.79 Å². The molecule has 3 heterocycles. The van der Waals surface area contributed by atoms with E-state index in [0.29, 0.717) is 40.6 Å². The van der Waals surface area contributed by atoms with Crippen molar-refractivity contribution in [2.45, 2.75) is 25.1 Å². The predicted octanol–water partition coefficient (Wildman–Crippen LogP) is 5.58. The number of para-hydroxylation sites is 2. The fraction of sp³-hybridized carbons (Fsp3) is 0.214. The number of aromatic carboxylic acids is 1. The number of carbonyl (C=O) groups excluding carboxylic acids is 1. The van der Waals surface area contributed by atoms with Gasteiger partial charge in [-0.2, -0.15) is 13.2 Å². The van der Waals surface area contributed by atoms with Gasteiger partial charge in [-0.3, -0.25) is 9.78 Å². The summed E-state index contributed by atoms with van der Waals surface area (Å²) in [6, 6.07) is 15.1. The van der Waals surface area contributed by atoms with Crippen LogP contribution in [0.25, 0.3) is 11.0 Å². The van der Waals surface area contributed by atoms with E-state index in [1.807, 2.05) is 18.2 Å². The molecule has 0 atom stereocenters. The predicted molar refractivity (Wildman–Crippen MR) is 140 cm³/mol. The van der Waals surface area contributed by atoms with Crippen LogP contribution in [0.15, 0.2) is 71.6 Å². The van der Waals surface area contributed by atoms with Crippen LogP contribution in [0.1, 0.15) is 33.6 Å². The third kappa shape index (κ3) is 5.78. The van der Waals surface area contributed by atoms with Gasteiger partial charge in [0, 0.05) is 36.9 Å². The average molecular weight is 569 g/mol. The van der Waals surface area contributed by atoms with Gasteiger partial charge in [0.2, 0.25) is 0 Å². The molecule has 41 heavy (non-hydrogen) atoms. The number of ether oxygens (including phenoxy) is 1. The molecule has 1 fully saturated rings. The van der Waals surface area contributed by atoms with Crippen LogP contribution in [0.4, 0.5) is 24.5 Å². The van der Waals surface area contributed by atoms with Crippen LogP contribution >= 0.6 is 0 Å². The van der Waals surface area contributed by atoms with Crippen LogP contribution in [-0.4, -0.2) is 58.4 Å². The van der Waals surface area contributed by atoms with Crippen LogP contribution in [0, 0.1) is 0 Å². The SMILES string of the molecule is O=C(O)C(F)(F)F.O=C(O)c1coc2ccc(Oc3ccncc3C(=O)N3CCN(C4CC4)c4ccccc43)cc12. The maximum atomic E-state index is 13.7. The Labute approximate surface area is 230 Å². The number of furan rings is 1. The second kappa shape index (κ2) is 10.8. The lowest BCUT2D eigenvalue weighted by Gasteiger charge is -2.38. The lowest BCUT2D eigenvalue weighted by atomic mass is 10.1. The highest BCUT2D eigenvalue weighted by Gasteiger charge is 2.38. The summed E-state index contributed by atoms with van der Waals surface area (Å²) in [5, 5.41) is 16.9. The highest BCUT2D eigenvalue weighted by Crippen LogP contribution is 2.41.